The lowest BCUT2D eigenvalue weighted by Crippen LogP contribution is -1.96. The van der Waals surface area contributed by atoms with E-state index in [0.29, 0.717) is 10.0 Å². The average Bonchev–Trinajstić information content (AvgIpc) is 2.67. The van der Waals surface area contributed by atoms with Crippen LogP contribution in [-0.2, 0) is 6.61 Å². The van der Waals surface area contributed by atoms with Crippen LogP contribution in [0.25, 0.3) is 0 Å². The summed E-state index contributed by atoms with van der Waals surface area (Å²) in [4.78, 5) is 4.75. The fraction of sp³-hybridized carbons (Fsp3) is 0.182. The summed E-state index contributed by atoms with van der Waals surface area (Å²) in [5.41, 5.74) is 0.569. The van der Waals surface area contributed by atoms with Gasteiger partial charge in [-0.2, -0.15) is 0 Å². The first kappa shape index (κ1) is 11.4. The molecule has 0 unspecified atom stereocenters. The van der Waals surface area contributed by atoms with Crippen LogP contribution in [0.5, 0.6) is 5.75 Å². The number of hydrogen-bond donors (Lipinski definition) is 0. The zero-order valence-corrected chi connectivity index (χ0v) is 10.1. The van der Waals surface area contributed by atoms with Crippen LogP contribution in [0.15, 0.2) is 24.4 Å². The molecular weight excluding hydrogens is 249 g/mol. The van der Waals surface area contributed by atoms with E-state index in [2.05, 4.69) is 4.98 Å². The summed E-state index contributed by atoms with van der Waals surface area (Å²) >= 11 is 7.00. The summed E-state index contributed by atoms with van der Waals surface area (Å²) in [5, 5.41) is 0. The molecule has 2 nitrogen and oxygen atoms in total. The number of hydrogen-bond acceptors (Lipinski definition) is 3. The number of aryl methyl sites for hydroxylation is 1. The fourth-order valence-corrected chi connectivity index (χ4v) is 2.12. The van der Waals surface area contributed by atoms with Gasteiger partial charge in [-0.1, -0.05) is 23.7 Å². The molecule has 0 aliphatic rings. The van der Waals surface area contributed by atoms with E-state index in [-0.39, 0.29) is 18.2 Å². The largest absolute Gasteiger partial charge is 0.485 e. The lowest BCUT2D eigenvalue weighted by molar-refractivity contribution is 0.292. The maximum absolute atomic E-state index is 13.5. The van der Waals surface area contributed by atoms with Gasteiger partial charge in [0.15, 0.2) is 16.0 Å². The minimum atomic E-state index is -0.321. The molecule has 1 aromatic heterocycles. The van der Waals surface area contributed by atoms with Gasteiger partial charge in [0, 0.05) is 6.20 Å². The fourth-order valence-electron chi connectivity index (χ4n) is 1.23. The molecule has 0 fully saturated rings. The highest BCUT2D eigenvalue weighted by molar-refractivity contribution is 7.15. The van der Waals surface area contributed by atoms with Gasteiger partial charge in [-0.3, -0.25) is 0 Å². The maximum Gasteiger partial charge on any atom is 0.183 e. The Balaban J connectivity index is 2.07. The zero-order chi connectivity index (χ0) is 11.5. The summed E-state index contributed by atoms with van der Waals surface area (Å²) in [5.74, 6) is -0.0670. The quantitative estimate of drug-likeness (QED) is 0.834. The Bertz CT molecular complexity index is 500. The van der Waals surface area contributed by atoms with Crippen LogP contribution in [-0.4, -0.2) is 4.98 Å². The molecule has 1 heterocycles. The molecule has 0 radical (unpaired) electrons. The van der Waals surface area contributed by atoms with Crippen molar-refractivity contribution in [1.29, 1.82) is 0 Å². The third-order valence-electron chi connectivity index (χ3n) is 2.05. The van der Waals surface area contributed by atoms with Gasteiger partial charge in [-0.25, -0.2) is 9.37 Å². The Kier molecular flexibility index (Phi) is 3.41. The zero-order valence-electron chi connectivity index (χ0n) is 8.54. The van der Waals surface area contributed by atoms with Crippen LogP contribution >= 0.6 is 22.9 Å². The number of ether oxygens (including phenoxy) is 1. The molecular formula is C11H9ClFNOS. The third-order valence-corrected chi connectivity index (χ3v) is 3.14. The summed E-state index contributed by atoms with van der Waals surface area (Å²) in [6.07, 6.45) is 1.63. The van der Waals surface area contributed by atoms with Gasteiger partial charge in [0.2, 0.25) is 0 Å². The Morgan fingerprint density at radius 3 is 3.00 bits per heavy atom. The molecule has 0 saturated carbocycles. The molecule has 0 bridgehead atoms. The van der Waals surface area contributed by atoms with Gasteiger partial charge in [0.1, 0.15) is 6.61 Å². The predicted molar refractivity (Wildman–Crippen MR) is 62.6 cm³/mol. The minimum Gasteiger partial charge on any atom is -0.485 e. The van der Waals surface area contributed by atoms with E-state index >= 15 is 0 Å². The summed E-state index contributed by atoms with van der Waals surface area (Å²) in [6, 6.07) is 5.06. The molecule has 0 atom stereocenters. The number of benzene rings is 1. The smallest absolute Gasteiger partial charge is 0.183 e. The molecule has 1 aromatic carbocycles. The van der Waals surface area contributed by atoms with Gasteiger partial charge < -0.3 is 4.74 Å². The molecule has 0 N–H and O–H groups in total. The van der Waals surface area contributed by atoms with Crippen LogP contribution in [0.1, 0.15) is 10.4 Å². The maximum atomic E-state index is 13.5. The highest BCUT2D eigenvalue weighted by Gasteiger charge is 2.07. The topological polar surface area (TPSA) is 22.1 Å². The standard InChI is InChI=1S/C11H9ClFNOS/c1-7-3-2-4-9(10(7)13)15-6-8-5-14-11(12)16-8/h2-5H,6H2,1H3. The van der Waals surface area contributed by atoms with E-state index in [1.54, 1.807) is 31.3 Å². The van der Waals surface area contributed by atoms with Gasteiger partial charge >= 0.3 is 0 Å². The highest BCUT2D eigenvalue weighted by Crippen LogP contribution is 2.23. The van der Waals surface area contributed by atoms with E-state index in [9.17, 15) is 4.39 Å². The first-order valence-corrected chi connectivity index (χ1v) is 5.84. The van der Waals surface area contributed by atoms with Gasteiger partial charge in [-0.15, -0.1) is 11.3 Å². The average molecular weight is 258 g/mol. The molecule has 0 amide bonds. The second kappa shape index (κ2) is 4.80. The second-order valence-electron chi connectivity index (χ2n) is 3.26. The van der Waals surface area contributed by atoms with Crippen molar-refractivity contribution in [2.75, 3.05) is 0 Å². The molecule has 0 saturated heterocycles. The summed E-state index contributed by atoms with van der Waals surface area (Å²) in [6.45, 7) is 1.98. The second-order valence-corrected chi connectivity index (χ2v) is 4.95. The number of halogens is 2. The molecule has 5 heteroatoms. The molecule has 16 heavy (non-hydrogen) atoms. The molecule has 84 valence electrons. The lowest BCUT2D eigenvalue weighted by Gasteiger charge is -2.06. The number of aromatic nitrogens is 1. The number of rotatable bonds is 3. The van der Waals surface area contributed by atoms with E-state index in [0.717, 1.165) is 4.88 Å². The van der Waals surface area contributed by atoms with E-state index in [4.69, 9.17) is 16.3 Å². The Labute approximate surface area is 102 Å². The molecule has 2 aromatic rings. The minimum absolute atomic E-state index is 0.254. The van der Waals surface area contributed by atoms with Crippen LogP contribution < -0.4 is 4.74 Å². The summed E-state index contributed by atoms with van der Waals surface area (Å²) in [7, 11) is 0. The normalized spacial score (nSPS) is 10.4. The van der Waals surface area contributed by atoms with Crippen LogP contribution in [0.4, 0.5) is 4.39 Å². The van der Waals surface area contributed by atoms with Gasteiger partial charge in [0.05, 0.1) is 4.88 Å². The predicted octanol–water partition coefficient (Wildman–Crippen LogP) is 3.82. The van der Waals surface area contributed by atoms with E-state index in [1.807, 2.05) is 0 Å². The van der Waals surface area contributed by atoms with E-state index in [1.165, 1.54) is 11.3 Å². The molecule has 0 aliphatic carbocycles. The summed E-state index contributed by atoms with van der Waals surface area (Å²) < 4.78 is 19.4. The first-order valence-electron chi connectivity index (χ1n) is 4.65. The van der Waals surface area contributed by atoms with Crippen molar-refractivity contribution < 1.29 is 9.13 Å². The van der Waals surface area contributed by atoms with Crippen molar-refractivity contribution in [1.82, 2.24) is 4.98 Å². The van der Waals surface area contributed by atoms with E-state index < -0.39 is 0 Å². The Hall–Kier alpha value is -1.13. The lowest BCUT2D eigenvalue weighted by atomic mass is 10.2. The van der Waals surface area contributed by atoms with Crippen molar-refractivity contribution in [3.63, 3.8) is 0 Å². The molecule has 0 aliphatic heterocycles. The van der Waals surface area contributed by atoms with Crippen molar-refractivity contribution in [3.05, 3.63) is 45.1 Å². The Morgan fingerprint density at radius 2 is 2.31 bits per heavy atom. The number of thiazole rings is 1. The van der Waals surface area contributed by atoms with Crippen LogP contribution in [0.2, 0.25) is 4.47 Å². The van der Waals surface area contributed by atoms with Crippen LogP contribution in [0, 0.1) is 12.7 Å². The van der Waals surface area contributed by atoms with Crippen molar-refractivity contribution >= 4 is 22.9 Å². The SMILES string of the molecule is Cc1cccc(OCc2cnc(Cl)s2)c1F. The highest BCUT2D eigenvalue weighted by atomic mass is 35.5. The van der Waals surface area contributed by atoms with Crippen molar-refractivity contribution in [2.45, 2.75) is 13.5 Å². The molecule has 0 spiro atoms. The van der Waals surface area contributed by atoms with Gasteiger partial charge in [0.25, 0.3) is 0 Å². The van der Waals surface area contributed by atoms with Crippen molar-refractivity contribution in [2.24, 2.45) is 0 Å². The Morgan fingerprint density at radius 1 is 1.50 bits per heavy atom. The van der Waals surface area contributed by atoms with Crippen molar-refractivity contribution in [3.8, 4) is 5.75 Å². The first-order chi connectivity index (χ1) is 7.66. The molecule has 2 rings (SSSR count). The van der Waals surface area contributed by atoms with Gasteiger partial charge in [-0.05, 0) is 18.6 Å². The van der Waals surface area contributed by atoms with Crippen LogP contribution in [0.3, 0.4) is 0 Å². The number of nitrogens with zero attached hydrogens (tertiary/aromatic N) is 1. The monoisotopic (exact) mass is 257 g/mol. The third kappa shape index (κ3) is 2.51.